The fourth-order valence-corrected chi connectivity index (χ4v) is 4.72. The molecule has 8 heteroatoms. The highest BCUT2D eigenvalue weighted by Crippen LogP contribution is 2.40. The van der Waals surface area contributed by atoms with E-state index in [1.54, 1.807) is 23.1 Å². The van der Waals surface area contributed by atoms with Crippen molar-refractivity contribution in [3.63, 3.8) is 0 Å². The highest BCUT2D eigenvalue weighted by Gasteiger charge is 2.46. The van der Waals surface area contributed by atoms with E-state index in [9.17, 15) is 14.7 Å². The van der Waals surface area contributed by atoms with Crippen molar-refractivity contribution in [2.45, 2.75) is 39.2 Å². The summed E-state index contributed by atoms with van der Waals surface area (Å²) in [6.45, 7) is 9.15. The molecule has 0 aliphatic carbocycles. The normalized spacial score (nSPS) is 19.6. The Morgan fingerprint density at radius 1 is 0.947 bits per heavy atom. The van der Waals surface area contributed by atoms with Crippen LogP contribution in [-0.2, 0) is 14.3 Å². The number of hydrogen-bond donors (Lipinski definition) is 1. The molecule has 1 atom stereocenters. The molecule has 2 saturated heterocycles. The first-order valence-corrected chi connectivity index (χ1v) is 13.6. The number of aliphatic hydroxyl groups is 1. The molecule has 2 aliphatic rings. The van der Waals surface area contributed by atoms with Crippen LogP contribution < -0.4 is 9.47 Å². The minimum absolute atomic E-state index is 0.0879. The average molecular weight is 523 g/mol. The van der Waals surface area contributed by atoms with Gasteiger partial charge < -0.3 is 24.2 Å². The third-order valence-electron chi connectivity index (χ3n) is 6.84. The number of ketones is 1. The number of likely N-dealkylation sites (tertiary alicyclic amines) is 1. The van der Waals surface area contributed by atoms with E-state index in [2.05, 4.69) is 11.8 Å². The lowest BCUT2D eigenvalue weighted by atomic mass is 9.95. The largest absolute Gasteiger partial charge is 0.507 e. The summed E-state index contributed by atoms with van der Waals surface area (Å²) in [7, 11) is 0. The summed E-state index contributed by atoms with van der Waals surface area (Å²) in [5.41, 5.74) is 1.27. The van der Waals surface area contributed by atoms with Gasteiger partial charge in [0.05, 0.1) is 38.0 Å². The van der Waals surface area contributed by atoms with Crippen LogP contribution in [0.3, 0.4) is 0 Å². The molecule has 4 rings (SSSR count). The molecule has 2 fully saturated rings. The molecule has 2 heterocycles. The fourth-order valence-electron chi connectivity index (χ4n) is 4.72. The Morgan fingerprint density at radius 3 is 2.39 bits per heavy atom. The third-order valence-corrected chi connectivity index (χ3v) is 6.84. The van der Waals surface area contributed by atoms with Gasteiger partial charge in [-0.3, -0.25) is 14.5 Å². The molecular weight excluding hydrogens is 484 g/mol. The summed E-state index contributed by atoms with van der Waals surface area (Å²) in [4.78, 5) is 30.5. The smallest absolute Gasteiger partial charge is 0.295 e. The molecule has 204 valence electrons. The zero-order valence-corrected chi connectivity index (χ0v) is 22.4. The second-order valence-electron chi connectivity index (χ2n) is 9.59. The third kappa shape index (κ3) is 6.55. The lowest BCUT2D eigenvalue weighted by molar-refractivity contribution is -0.140. The Kier molecular flexibility index (Phi) is 9.79. The van der Waals surface area contributed by atoms with E-state index >= 15 is 0 Å². The molecule has 1 N–H and O–H groups in total. The van der Waals surface area contributed by atoms with Gasteiger partial charge in [-0.05, 0) is 42.7 Å². The van der Waals surface area contributed by atoms with Gasteiger partial charge >= 0.3 is 0 Å². The molecular formula is C30H38N2O6. The van der Waals surface area contributed by atoms with Crippen LogP contribution in [0.4, 0.5) is 0 Å². The van der Waals surface area contributed by atoms with Crippen LogP contribution in [0.15, 0.2) is 54.1 Å². The molecule has 38 heavy (non-hydrogen) atoms. The predicted molar refractivity (Wildman–Crippen MR) is 145 cm³/mol. The van der Waals surface area contributed by atoms with Gasteiger partial charge in [-0.15, -0.1) is 0 Å². The summed E-state index contributed by atoms with van der Waals surface area (Å²) in [6.07, 6.45) is 2.82. The minimum Gasteiger partial charge on any atom is -0.507 e. The molecule has 2 aromatic rings. The molecule has 2 aromatic carbocycles. The molecule has 0 radical (unpaired) electrons. The van der Waals surface area contributed by atoms with Gasteiger partial charge in [0, 0.05) is 31.7 Å². The lowest BCUT2D eigenvalue weighted by Gasteiger charge is -2.31. The molecule has 0 spiro atoms. The van der Waals surface area contributed by atoms with E-state index in [0.29, 0.717) is 50.8 Å². The van der Waals surface area contributed by atoms with Crippen LogP contribution in [-0.4, -0.2) is 79.2 Å². The van der Waals surface area contributed by atoms with Crippen molar-refractivity contribution in [3.05, 3.63) is 65.2 Å². The van der Waals surface area contributed by atoms with E-state index in [-0.39, 0.29) is 11.3 Å². The number of nitrogens with zero attached hydrogens (tertiary/aromatic N) is 2. The van der Waals surface area contributed by atoms with Gasteiger partial charge in [0.2, 0.25) is 0 Å². The van der Waals surface area contributed by atoms with E-state index in [1.807, 2.05) is 37.3 Å². The summed E-state index contributed by atoms with van der Waals surface area (Å²) in [5.74, 6) is -0.158. The molecule has 1 amide bonds. The van der Waals surface area contributed by atoms with Crippen LogP contribution in [0.2, 0.25) is 0 Å². The summed E-state index contributed by atoms with van der Waals surface area (Å²) < 4.78 is 17.0. The van der Waals surface area contributed by atoms with Crippen molar-refractivity contribution in [2.75, 3.05) is 52.6 Å². The zero-order valence-electron chi connectivity index (χ0n) is 22.4. The first-order chi connectivity index (χ1) is 18.5. The van der Waals surface area contributed by atoms with Crippen LogP contribution >= 0.6 is 0 Å². The number of morpholine rings is 1. The quantitative estimate of drug-likeness (QED) is 0.191. The van der Waals surface area contributed by atoms with E-state index in [4.69, 9.17) is 14.2 Å². The van der Waals surface area contributed by atoms with Crippen molar-refractivity contribution >= 4 is 17.4 Å². The maximum Gasteiger partial charge on any atom is 0.295 e. The number of ether oxygens (including phenoxy) is 3. The first-order valence-electron chi connectivity index (χ1n) is 13.6. The highest BCUT2D eigenvalue weighted by molar-refractivity contribution is 6.46. The van der Waals surface area contributed by atoms with Gasteiger partial charge in [-0.25, -0.2) is 0 Å². The molecule has 0 aromatic heterocycles. The van der Waals surface area contributed by atoms with Crippen molar-refractivity contribution in [1.82, 2.24) is 9.80 Å². The van der Waals surface area contributed by atoms with Crippen molar-refractivity contribution in [3.8, 4) is 11.5 Å². The average Bonchev–Trinajstić information content (AvgIpc) is 3.20. The Balaban J connectivity index is 1.68. The number of aliphatic hydroxyl groups excluding tert-OH is 1. The number of benzene rings is 2. The maximum atomic E-state index is 13.4. The van der Waals surface area contributed by atoms with Gasteiger partial charge in [0.15, 0.2) is 0 Å². The fraction of sp³-hybridized carbons (Fsp3) is 0.467. The van der Waals surface area contributed by atoms with Crippen molar-refractivity contribution in [2.24, 2.45) is 0 Å². The number of carbonyl (C=O) groups is 2. The van der Waals surface area contributed by atoms with Crippen molar-refractivity contribution in [1.29, 1.82) is 0 Å². The number of amides is 1. The molecule has 0 saturated carbocycles. The number of hydrogen-bond acceptors (Lipinski definition) is 7. The van der Waals surface area contributed by atoms with Crippen LogP contribution in [0.25, 0.3) is 5.76 Å². The Morgan fingerprint density at radius 2 is 1.68 bits per heavy atom. The summed E-state index contributed by atoms with van der Waals surface area (Å²) in [5, 5.41) is 11.4. The summed E-state index contributed by atoms with van der Waals surface area (Å²) in [6, 6.07) is 13.7. The maximum absolute atomic E-state index is 13.4. The van der Waals surface area contributed by atoms with E-state index in [1.165, 1.54) is 0 Å². The number of Topliss-reactive ketones (excluding diaryl/α,β-unsaturated/α-hetero) is 1. The molecule has 2 aliphatic heterocycles. The van der Waals surface area contributed by atoms with Gasteiger partial charge in [-0.2, -0.15) is 0 Å². The standard InChI is InChI=1S/C30H38N2O6/c1-3-5-18-38-25-8-6-7-23(21-25)28(33)26-27(22-9-11-24(12-10-22)37-17-4-2)32(30(35)29(26)34)14-13-31-15-19-36-20-16-31/h6-12,21,27,33H,3-5,13-20H2,1-2H3/b28-26+. The van der Waals surface area contributed by atoms with Crippen molar-refractivity contribution < 1.29 is 28.9 Å². The topological polar surface area (TPSA) is 88.5 Å². The van der Waals surface area contributed by atoms with Crippen LogP contribution in [0.1, 0.15) is 50.3 Å². The monoisotopic (exact) mass is 522 g/mol. The van der Waals surface area contributed by atoms with Crippen LogP contribution in [0.5, 0.6) is 11.5 Å². The van der Waals surface area contributed by atoms with Gasteiger partial charge in [0.1, 0.15) is 17.3 Å². The van der Waals surface area contributed by atoms with Crippen LogP contribution in [0, 0.1) is 0 Å². The highest BCUT2D eigenvalue weighted by atomic mass is 16.5. The second-order valence-corrected chi connectivity index (χ2v) is 9.59. The molecule has 0 bridgehead atoms. The first kappa shape index (κ1) is 27.7. The predicted octanol–water partition coefficient (Wildman–Crippen LogP) is 4.41. The van der Waals surface area contributed by atoms with Gasteiger partial charge in [0.25, 0.3) is 11.7 Å². The number of carbonyl (C=O) groups excluding carboxylic acids is 2. The van der Waals surface area contributed by atoms with E-state index < -0.39 is 17.7 Å². The number of rotatable bonds is 12. The lowest BCUT2D eigenvalue weighted by Crippen LogP contribution is -2.42. The Bertz CT molecular complexity index is 1120. The van der Waals surface area contributed by atoms with E-state index in [0.717, 1.165) is 43.7 Å². The second kappa shape index (κ2) is 13.4. The molecule has 8 nitrogen and oxygen atoms in total. The van der Waals surface area contributed by atoms with Gasteiger partial charge in [-0.1, -0.05) is 44.5 Å². The molecule has 1 unspecified atom stereocenters. The number of unbranched alkanes of at least 4 members (excludes halogenated alkanes) is 1. The summed E-state index contributed by atoms with van der Waals surface area (Å²) >= 11 is 0. The SMILES string of the molecule is CCCCOc1cccc(/C(O)=C2\C(=O)C(=O)N(CCN3CCOCC3)C2c2ccc(OCCC)cc2)c1. The zero-order chi connectivity index (χ0) is 26.9. The Hall–Kier alpha value is -3.36. The minimum atomic E-state index is -0.707. The Labute approximate surface area is 224 Å².